The summed E-state index contributed by atoms with van der Waals surface area (Å²) in [6.07, 6.45) is 9.65. The van der Waals surface area contributed by atoms with E-state index in [4.69, 9.17) is 9.72 Å². The molecule has 0 radical (unpaired) electrons. The number of anilines is 1. The molecular formula is C25H30FN5O. The first-order valence-electron chi connectivity index (χ1n) is 11.7. The number of H-pyrrole nitrogens is 1. The normalized spacial score (nSPS) is 24.7. The first-order chi connectivity index (χ1) is 15.5. The van der Waals surface area contributed by atoms with Crippen LogP contribution in [-0.4, -0.2) is 51.5 Å². The first-order valence-corrected chi connectivity index (χ1v) is 11.7. The van der Waals surface area contributed by atoms with Crippen molar-refractivity contribution in [2.45, 2.75) is 69.2 Å². The summed E-state index contributed by atoms with van der Waals surface area (Å²) in [7, 11) is 1.71. The second-order valence-electron chi connectivity index (χ2n) is 9.83. The van der Waals surface area contributed by atoms with E-state index >= 15 is 4.39 Å². The molecule has 7 heteroatoms. The van der Waals surface area contributed by atoms with Crippen LogP contribution in [0.3, 0.4) is 0 Å². The lowest BCUT2D eigenvalue weighted by Crippen LogP contribution is -2.46. The van der Waals surface area contributed by atoms with E-state index in [1.807, 2.05) is 18.5 Å². The molecular weight excluding hydrogens is 405 g/mol. The Labute approximate surface area is 187 Å². The van der Waals surface area contributed by atoms with Gasteiger partial charge in [0.15, 0.2) is 0 Å². The van der Waals surface area contributed by atoms with Crippen LogP contribution in [-0.2, 0) is 6.42 Å². The van der Waals surface area contributed by atoms with Gasteiger partial charge < -0.3 is 10.1 Å². The fourth-order valence-electron chi connectivity index (χ4n) is 5.31. The Morgan fingerprint density at radius 3 is 2.81 bits per heavy atom. The minimum Gasteiger partial charge on any atom is -0.496 e. The number of nitrogens with one attached hydrogen (secondary N) is 2. The summed E-state index contributed by atoms with van der Waals surface area (Å²) in [5.41, 5.74) is 3.44. The largest absolute Gasteiger partial charge is 0.496 e. The Hall–Kier alpha value is -2.67. The zero-order chi connectivity index (χ0) is 21.9. The van der Waals surface area contributed by atoms with Gasteiger partial charge in [-0.15, -0.1) is 0 Å². The average molecular weight is 436 g/mol. The molecule has 2 aliphatic carbocycles. The van der Waals surface area contributed by atoms with Crippen molar-refractivity contribution >= 4 is 16.7 Å². The summed E-state index contributed by atoms with van der Waals surface area (Å²) in [5, 5.41) is 12.0. The molecule has 6 rings (SSSR count). The second-order valence-corrected chi connectivity index (χ2v) is 9.83. The summed E-state index contributed by atoms with van der Waals surface area (Å²) in [4.78, 5) is 7.07. The minimum atomic E-state index is -1.07. The van der Waals surface area contributed by atoms with Gasteiger partial charge in [-0.3, -0.25) is 10.00 Å². The van der Waals surface area contributed by atoms with Crippen LogP contribution in [0.2, 0.25) is 0 Å². The zero-order valence-corrected chi connectivity index (χ0v) is 18.7. The smallest absolute Gasteiger partial charge is 0.129 e. The van der Waals surface area contributed by atoms with E-state index in [1.54, 1.807) is 7.11 Å². The van der Waals surface area contributed by atoms with Gasteiger partial charge in [-0.05, 0) is 62.6 Å². The predicted molar refractivity (Wildman–Crippen MR) is 123 cm³/mol. The summed E-state index contributed by atoms with van der Waals surface area (Å²) < 4.78 is 20.9. The Morgan fingerprint density at radius 1 is 1.25 bits per heavy atom. The van der Waals surface area contributed by atoms with Gasteiger partial charge in [0.2, 0.25) is 0 Å². The first kappa shape index (κ1) is 20.0. The highest BCUT2D eigenvalue weighted by Crippen LogP contribution is 2.48. The van der Waals surface area contributed by atoms with E-state index in [-0.39, 0.29) is 12.1 Å². The Kier molecular flexibility index (Phi) is 4.64. The van der Waals surface area contributed by atoms with E-state index in [1.165, 1.54) is 30.4 Å². The number of aromatic amines is 1. The number of ether oxygens (including phenoxy) is 1. The quantitative estimate of drug-likeness (QED) is 0.584. The van der Waals surface area contributed by atoms with E-state index in [2.05, 4.69) is 39.5 Å². The van der Waals surface area contributed by atoms with Gasteiger partial charge in [0.1, 0.15) is 17.2 Å². The van der Waals surface area contributed by atoms with E-state index in [9.17, 15) is 0 Å². The SMILES string of the molecule is COc1cc(NC2CCC2)ncc1[C@@H]1c2ccc3[nH]ncc3c2C[C@@H](C)N1CC1(F)CC1. The van der Waals surface area contributed by atoms with Gasteiger partial charge in [-0.2, -0.15) is 5.10 Å². The molecule has 6 nitrogen and oxygen atoms in total. The van der Waals surface area contributed by atoms with Crippen molar-refractivity contribution in [3.63, 3.8) is 0 Å². The predicted octanol–water partition coefficient (Wildman–Crippen LogP) is 4.77. The number of fused-ring (bicyclic) bond motifs is 3. The topological polar surface area (TPSA) is 66.1 Å². The lowest BCUT2D eigenvalue weighted by atomic mass is 9.83. The maximum Gasteiger partial charge on any atom is 0.129 e. The molecule has 3 aliphatic rings. The number of halogens is 1. The van der Waals surface area contributed by atoms with Crippen molar-refractivity contribution in [2.24, 2.45) is 0 Å². The summed E-state index contributed by atoms with van der Waals surface area (Å²) >= 11 is 0. The lowest BCUT2D eigenvalue weighted by molar-refractivity contribution is 0.0972. The highest BCUT2D eigenvalue weighted by atomic mass is 19.1. The Bertz CT molecular complexity index is 1150. The molecule has 2 fully saturated rings. The monoisotopic (exact) mass is 435 g/mol. The lowest BCUT2D eigenvalue weighted by Gasteiger charge is -2.43. The number of hydrogen-bond acceptors (Lipinski definition) is 5. The van der Waals surface area contributed by atoms with Gasteiger partial charge in [0, 0.05) is 41.8 Å². The van der Waals surface area contributed by atoms with Crippen molar-refractivity contribution < 1.29 is 9.13 Å². The number of alkyl halides is 1. The Balaban J connectivity index is 1.46. The highest BCUT2D eigenvalue weighted by Gasteiger charge is 2.48. The molecule has 0 saturated heterocycles. The molecule has 3 aromatic rings. The van der Waals surface area contributed by atoms with Gasteiger partial charge in [-0.1, -0.05) is 6.07 Å². The fourth-order valence-corrected chi connectivity index (χ4v) is 5.31. The van der Waals surface area contributed by atoms with Crippen molar-refractivity contribution in [1.29, 1.82) is 0 Å². The molecule has 2 N–H and O–H groups in total. The number of pyridine rings is 1. The molecule has 1 aromatic carbocycles. The van der Waals surface area contributed by atoms with E-state index in [0.717, 1.165) is 34.5 Å². The molecule has 0 unspecified atom stereocenters. The summed E-state index contributed by atoms with van der Waals surface area (Å²) in [6, 6.07) is 6.83. The zero-order valence-electron chi connectivity index (χ0n) is 18.7. The number of hydrogen-bond donors (Lipinski definition) is 2. The van der Waals surface area contributed by atoms with Crippen molar-refractivity contribution in [2.75, 3.05) is 19.0 Å². The van der Waals surface area contributed by atoms with Crippen molar-refractivity contribution in [1.82, 2.24) is 20.1 Å². The standard InChI is InChI=1S/C25H30FN5O/c1-15-10-18-17(6-7-21-19(18)13-28-30-21)24(31(15)14-25(26)8-9-25)20-12-27-23(11-22(20)32-2)29-16-4-3-5-16/h6-7,11-13,15-16,24H,3-5,8-10,14H2,1-2H3,(H,27,29)(H,28,30)/t15-,24+/m1/s1. The molecule has 168 valence electrons. The Morgan fingerprint density at radius 2 is 2.09 bits per heavy atom. The van der Waals surface area contributed by atoms with Gasteiger partial charge in [0.25, 0.3) is 0 Å². The summed E-state index contributed by atoms with van der Waals surface area (Å²) in [6.45, 7) is 2.64. The van der Waals surface area contributed by atoms with Crippen LogP contribution in [0.4, 0.5) is 10.2 Å². The third kappa shape index (κ3) is 3.34. The van der Waals surface area contributed by atoms with Crippen LogP contribution in [0.1, 0.15) is 61.8 Å². The van der Waals surface area contributed by atoms with Gasteiger partial charge in [0.05, 0.1) is 24.9 Å². The van der Waals surface area contributed by atoms with E-state index < -0.39 is 5.67 Å². The number of benzene rings is 1. The van der Waals surface area contributed by atoms with Crippen LogP contribution >= 0.6 is 0 Å². The molecule has 0 bridgehead atoms. The molecule has 1 aliphatic heterocycles. The van der Waals surface area contributed by atoms with E-state index in [0.29, 0.717) is 25.4 Å². The molecule has 32 heavy (non-hydrogen) atoms. The molecule has 0 spiro atoms. The molecule has 3 heterocycles. The number of rotatable bonds is 6. The van der Waals surface area contributed by atoms with Crippen molar-refractivity contribution in [3.8, 4) is 5.75 Å². The van der Waals surface area contributed by atoms with Gasteiger partial charge in [-0.25, -0.2) is 9.37 Å². The molecule has 2 saturated carbocycles. The molecule has 2 atom stereocenters. The van der Waals surface area contributed by atoms with Crippen LogP contribution in [0.15, 0.2) is 30.6 Å². The van der Waals surface area contributed by atoms with Crippen LogP contribution in [0, 0.1) is 0 Å². The van der Waals surface area contributed by atoms with Crippen molar-refractivity contribution in [3.05, 3.63) is 47.3 Å². The number of methoxy groups -OCH3 is 1. The van der Waals surface area contributed by atoms with Crippen LogP contribution < -0.4 is 10.1 Å². The third-order valence-electron chi connectivity index (χ3n) is 7.59. The maximum atomic E-state index is 15.0. The van der Waals surface area contributed by atoms with Crippen LogP contribution in [0.25, 0.3) is 10.9 Å². The highest BCUT2D eigenvalue weighted by molar-refractivity contribution is 5.83. The number of aromatic nitrogens is 3. The fraction of sp³-hybridized carbons (Fsp3) is 0.520. The molecule has 2 aromatic heterocycles. The average Bonchev–Trinajstić information content (AvgIpc) is 3.29. The second kappa shape index (κ2) is 7.44. The summed E-state index contributed by atoms with van der Waals surface area (Å²) in [5.74, 6) is 1.65. The maximum absolute atomic E-state index is 15.0. The van der Waals surface area contributed by atoms with Gasteiger partial charge >= 0.3 is 0 Å². The van der Waals surface area contributed by atoms with Crippen LogP contribution in [0.5, 0.6) is 5.75 Å². The third-order valence-corrected chi connectivity index (χ3v) is 7.59. The molecule has 0 amide bonds. The minimum absolute atomic E-state index is 0.110. The number of nitrogens with zero attached hydrogens (tertiary/aromatic N) is 3.